The quantitative estimate of drug-likeness (QED) is 0.837. The van der Waals surface area contributed by atoms with Gasteiger partial charge >= 0.3 is 5.97 Å². The van der Waals surface area contributed by atoms with E-state index in [-0.39, 0.29) is 12.2 Å². The van der Waals surface area contributed by atoms with Crippen LogP contribution in [0.5, 0.6) is 5.75 Å². The highest BCUT2D eigenvalue weighted by Crippen LogP contribution is 2.38. The third kappa shape index (κ3) is 2.63. The number of halogens is 1. The van der Waals surface area contributed by atoms with E-state index in [1.54, 1.807) is 26.0 Å². The predicted octanol–water partition coefficient (Wildman–Crippen LogP) is 2.80. The lowest BCUT2D eigenvalue weighted by molar-refractivity contribution is -0.138. The van der Waals surface area contributed by atoms with Crippen molar-refractivity contribution in [2.75, 3.05) is 0 Å². The largest absolute Gasteiger partial charge is 0.508 e. The third-order valence-corrected chi connectivity index (χ3v) is 2.58. The fourth-order valence-corrected chi connectivity index (χ4v) is 2.07. The summed E-state index contributed by atoms with van der Waals surface area (Å²) in [7, 11) is 0. The van der Waals surface area contributed by atoms with Gasteiger partial charge in [0.05, 0.1) is 6.42 Å². The number of aliphatic carboxylic acids is 1. The Balaban J connectivity index is 3.19. The van der Waals surface area contributed by atoms with E-state index in [0.717, 1.165) is 0 Å². The number of phenols is 1. The van der Waals surface area contributed by atoms with Gasteiger partial charge in [-0.2, -0.15) is 0 Å². The van der Waals surface area contributed by atoms with Crippen molar-refractivity contribution in [2.45, 2.75) is 25.7 Å². The van der Waals surface area contributed by atoms with E-state index in [0.29, 0.717) is 10.6 Å². The number of carboxylic acids is 1. The van der Waals surface area contributed by atoms with E-state index in [4.69, 9.17) is 16.7 Å². The Morgan fingerprint density at radius 2 is 2.07 bits per heavy atom. The second kappa shape index (κ2) is 4.11. The molecule has 15 heavy (non-hydrogen) atoms. The molecule has 0 radical (unpaired) electrons. The summed E-state index contributed by atoms with van der Waals surface area (Å²) >= 11 is 5.94. The van der Waals surface area contributed by atoms with Gasteiger partial charge in [0.1, 0.15) is 5.75 Å². The average molecular weight is 229 g/mol. The molecule has 0 spiro atoms. The van der Waals surface area contributed by atoms with E-state index < -0.39 is 11.4 Å². The van der Waals surface area contributed by atoms with Gasteiger partial charge in [-0.25, -0.2) is 0 Å². The fraction of sp³-hybridized carbons (Fsp3) is 0.364. The molecule has 2 N–H and O–H groups in total. The lowest BCUT2D eigenvalue weighted by Gasteiger charge is -2.25. The minimum absolute atomic E-state index is 0.0359. The SMILES string of the molecule is CC(C)(CC(=O)O)c1c(O)cccc1Cl. The second-order valence-corrected chi connectivity index (χ2v) is 4.50. The lowest BCUT2D eigenvalue weighted by Crippen LogP contribution is -2.22. The summed E-state index contributed by atoms with van der Waals surface area (Å²) in [5.41, 5.74) is -0.206. The Bertz CT molecular complexity index is 365. The van der Waals surface area contributed by atoms with Gasteiger partial charge in [-0.1, -0.05) is 31.5 Å². The molecule has 1 aromatic carbocycles. The molecule has 0 amide bonds. The Morgan fingerprint density at radius 1 is 1.47 bits per heavy atom. The molecule has 0 atom stereocenters. The molecule has 0 bridgehead atoms. The summed E-state index contributed by atoms with van der Waals surface area (Å²) in [6.45, 7) is 3.48. The normalized spacial score (nSPS) is 11.4. The van der Waals surface area contributed by atoms with E-state index >= 15 is 0 Å². The number of benzene rings is 1. The number of rotatable bonds is 3. The van der Waals surface area contributed by atoms with Gasteiger partial charge in [0.25, 0.3) is 0 Å². The zero-order valence-electron chi connectivity index (χ0n) is 8.62. The molecule has 1 rings (SSSR count). The van der Waals surface area contributed by atoms with Gasteiger partial charge in [0.15, 0.2) is 0 Å². The minimum atomic E-state index is -0.917. The van der Waals surface area contributed by atoms with Crippen molar-refractivity contribution in [3.63, 3.8) is 0 Å². The van der Waals surface area contributed by atoms with Crippen LogP contribution in [0.4, 0.5) is 0 Å². The summed E-state index contributed by atoms with van der Waals surface area (Å²) in [5, 5.41) is 18.8. The van der Waals surface area contributed by atoms with Crippen LogP contribution in [0.1, 0.15) is 25.8 Å². The highest BCUT2D eigenvalue weighted by Gasteiger charge is 2.29. The Labute approximate surface area is 93.3 Å². The van der Waals surface area contributed by atoms with E-state index in [2.05, 4.69) is 0 Å². The highest BCUT2D eigenvalue weighted by molar-refractivity contribution is 6.31. The zero-order chi connectivity index (χ0) is 11.6. The van der Waals surface area contributed by atoms with Gasteiger partial charge in [-0.3, -0.25) is 4.79 Å². The standard InChI is InChI=1S/C11H13ClO3/c1-11(2,6-9(14)15)10-7(12)4-3-5-8(10)13/h3-5,13H,6H2,1-2H3,(H,14,15). The topological polar surface area (TPSA) is 57.5 Å². The van der Waals surface area contributed by atoms with Gasteiger partial charge in [-0.05, 0) is 12.1 Å². The molecule has 1 aromatic rings. The van der Waals surface area contributed by atoms with Crippen LogP contribution in [0.15, 0.2) is 18.2 Å². The number of hydrogen-bond donors (Lipinski definition) is 2. The highest BCUT2D eigenvalue weighted by atomic mass is 35.5. The van der Waals surface area contributed by atoms with Crippen LogP contribution in [0.25, 0.3) is 0 Å². The van der Waals surface area contributed by atoms with E-state index in [1.165, 1.54) is 6.07 Å². The van der Waals surface area contributed by atoms with Crippen LogP contribution in [0, 0.1) is 0 Å². The van der Waals surface area contributed by atoms with Crippen LogP contribution >= 0.6 is 11.6 Å². The second-order valence-electron chi connectivity index (χ2n) is 4.09. The molecule has 0 unspecified atom stereocenters. The molecule has 0 saturated carbocycles. The molecule has 3 nitrogen and oxygen atoms in total. The third-order valence-electron chi connectivity index (χ3n) is 2.26. The van der Waals surface area contributed by atoms with Crippen LogP contribution in [-0.2, 0) is 10.2 Å². The van der Waals surface area contributed by atoms with Crippen molar-refractivity contribution in [1.29, 1.82) is 0 Å². The summed E-state index contributed by atoms with van der Waals surface area (Å²) in [6.07, 6.45) is -0.0791. The van der Waals surface area contributed by atoms with Crippen molar-refractivity contribution < 1.29 is 15.0 Å². The monoisotopic (exact) mass is 228 g/mol. The molecule has 0 fully saturated rings. The molecular weight excluding hydrogens is 216 g/mol. The molecule has 0 saturated heterocycles. The van der Waals surface area contributed by atoms with Crippen molar-refractivity contribution in [3.8, 4) is 5.75 Å². The molecular formula is C11H13ClO3. The molecule has 0 aliphatic carbocycles. The van der Waals surface area contributed by atoms with E-state index in [9.17, 15) is 9.90 Å². The van der Waals surface area contributed by atoms with Gasteiger partial charge in [0, 0.05) is 16.0 Å². The molecule has 0 aromatic heterocycles. The first-order valence-electron chi connectivity index (χ1n) is 4.54. The van der Waals surface area contributed by atoms with Crippen molar-refractivity contribution in [1.82, 2.24) is 0 Å². The first-order valence-corrected chi connectivity index (χ1v) is 4.92. The summed E-state index contributed by atoms with van der Waals surface area (Å²) < 4.78 is 0. The Kier molecular flexibility index (Phi) is 3.25. The molecule has 0 aliphatic rings. The van der Waals surface area contributed by atoms with Crippen LogP contribution in [0.2, 0.25) is 5.02 Å². The number of phenolic OH excluding ortho intramolecular Hbond substituents is 1. The summed E-state index contributed by atoms with van der Waals surface area (Å²) in [6, 6.07) is 4.77. The fourth-order valence-electron chi connectivity index (χ4n) is 1.65. The number of aromatic hydroxyl groups is 1. The van der Waals surface area contributed by atoms with Crippen LogP contribution in [-0.4, -0.2) is 16.2 Å². The number of hydrogen-bond acceptors (Lipinski definition) is 2. The maximum absolute atomic E-state index is 10.7. The molecule has 82 valence electrons. The summed E-state index contributed by atoms with van der Waals surface area (Å²) in [5.74, 6) is -0.881. The van der Waals surface area contributed by atoms with Crippen molar-refractivity contribution >= 4 is 17.6 Å². The Morgan fingerprint density at radius 3 is 2.53 bits per heavy atom. The zero-order valence-corrected chi connectivity index (χ0v) is 9.38. The van der Waals surface area contributed by atoms with Crippen LogP contribution < -0.4 is 0 Å². The average Bonchev–Trinajstić information content (AvgIpc) is 1.99. The molecule has 0 heterocycles. The Hall–Kier alpha value is -1.22. The first kappa shape index (κ1) is 11.9. The predicted molar refractivity (Wildman–Crippen MR) is 58.4 cm³/mol. The van der Waals surface area contributed by atoms with Gasteiger partial charge in [-0.15, -0.1) is 0 Å². The minimum Gasteiger partial charge on any atom is -0.508 e. The lowest BCUT2D eigenvalue weighted by atomic mass is 9.81. The smallest absolute Gasteiger partial charge is 0.304 e. The number of carboxylic acid groups (broad SMARTS) is 1. The van der Waals surface area contributed by atoms with Crippen LogP contribution in [0.3, 0.4) is 0 Å². The first-order chi connectivity index (χ1) is 6.84. The molecule has 4 heteroatoms. The van der Waals surface area contributed by atoms with E-state index in [1.807, 2.05) is 0 Å². The molecule has 0 aliphatic heterocycles. The van der Waals surface area contributed by atoms with Crippen molar-refractivity contribution in [3.05, 3.63) is 28.8 Å². The maximum atomic E-state index is 10.7. The van der Waals surface area contributed by atoms with Crippen molar-refractivity contribution in [2.24, 2.45) is 0 Å². The van der Waals surface area contributed by atoms with Gasteiger partial charge in [0.2, 0.25) is 0 Å². The maximum Gasteiger partial charge on any atom is 0.304 e. The van der Waals surface area contributed by atoms with Gasteiger partial charge < -0.3 is 10.2 Å². The summed E-state index contributed by atoms with van der Waals surface area (Å²) in [4.78, 5) is 10.7. The number of carbonyl (C=O) groups is 1.